The zero-order valence-electron chi connectivity index (χ0n) is 11.5. The number of rotatable bonds is 2. The van der Waals surface area contributed by atoms with Crippen molar-refractivity contribution in [2.24, 2.45) is 0 Å². The van der Waals surface area contributed by atoms with Crippen LogP contribution in [0.5, 0.6) is 0 Å². The normalized spacial score (nSPS) is 9.45. The summed E-state index contributed by atoms with van der Waals surface area (Å²) in [5, 5.41) is 17.1. The molecule has 0 aliphatic heterocycles. The number of nitrogens with two attached hydrogens (primary N) is 4. The summed E-state index contributed by atoms with van der Waals surface area (Å²) < 4.78 is 0. The lowest BCUT2D eigenvalue weighted by Gasteiger charge is -2.00. The van der Waals surface area contributed by atoms with Gasteiger partial charge in [-0.25, -0.2) is 9.59 Å². The van der Waals surface area contributed by atoms with Crippen LogP contribution in [0.25, 0.3) is 0 Å². The molecule has 0 aromatic heterocycles. The smallest absolute Gasteiger partial charge is 0.337 e. The molecule has 22 heavy (non-hydrogen) atoms. The fourth-order valence-electron chi connectivity index (χ4n) is 1.56. The molecule has 8 heteroatoms. The van der Waals surface area contributed by atoms with Gasteiger partial charge in [0.1, 0.15) is 0 Å². The molecule has 2 rings (SSSR count). The molecule has 2 aromatic rings. The van der Waals surface area contributed by atoms with Gasteiger partial charge in [-0.15, -0.1) is 0 Å². The fourth-order valence-corrected chi connectivity index (χ4v) is 1.56. The Kier molecular flexibility index (Phi) is 5.17. The molecule has 0 aliphatic carbocycles. The first-order chi connectivity index (χ1) is 10.2. The minimum absolute atomic E-state index is 0.0463. The van der Waals surface area contributed by atoms with Crippen LogP contribution in [-0.2, 0) is 0 Å². The zero-order valence-corrected chi connectivity index (χ0v) is 11.5. The van der Waals surface area contributed by atoms with Gasteiger partial charge in [0.25, 0.3) is 0 Å². The molecule has 0 amide bonds. The van der Waals surface area contributed by atoms with Crippen LogP contribution in [0, 0.1) is 0 Å². The largest absolute Gasteiger partial charge is 0.478 e. The van der Waals surface area contributed by atoms with Crippen LogP contribution in [0.1, 0.15) is 20.7 Å². The Labute approximate surface area is 125 Å². The lowest BCUT2D eigenvalue weighted by Crippen LogP contribution is -2.02. The Hall–Kier alpha value is -3.42. The van der Waals surface area contributed by atoms with E-state index in [1.54, 1.807) is 6.07 Å². The fraction of sp³-hybridized carbons (Fsp3) is 0. The van der Waals surface area contributed by atoms with Crippen molar-refractivity contribution in [1.82, 2.24) is 0 Å². The van der Waals surface area contributed by atoms with E-state index in [1.165, 1.54) is 30.3 Å². The minimum atomic E-state index is -1.06. The molecule has 0 fully saturated rings. The Bertz CT molecular complexity index is 696. The third-order valence-electron chi connectivity index (χ3n) is 2.53. The number of carboxylic acids is 2. The molecule has 0 atom stereocenters. The molecular weight excluding hydrogens is 288 g/mol. The van der Waals surface area contributed by atoms with Gasteiger partial charge in [0.15, 0.2) is 0 Å². The van der Waals surface area contributed by atoms with Crippen molar-refractivity contribution in [1.29, 1.82) is 0 Å². The summed E-state index contributed by atoms with van der Waals surface area (Å²) in [5.41, 5.74) is 22.9. The average molecular weight is 304 g/mol. The number of carbonyl (C=O) groups is 2. The maximum Gasteiger partial charge on any atom is 0.337 e. The highest BCUT2D eigenvalue weighted by molar-refractivity contribution is 5.94. The van der Waals surface area contributed by atoms with Crippen molar-refractivity contribution in [3.8, 4) is 0 Å². The molecule has 0 saturated heterocycles. The van der Waals surface area contributed by atoms with Gasteiger partial charge in [-0.3, -0.25) is 0 Å². The molecule has 0 unspecified atom stereocenters. The van der Waals surface area contributed by atoms with Gasteiger partial charge < -0.3 is 33.1 Å². The number of hydrogen-bond donors (Lipinski definition) is 6. The van der Waals surface area contributed by atoms with Gasteiger partial charge in [0, 0.05) is 22.7 Å². The van der Waals surface area contributed by atoms with Crippen LogP contribution in [0.3, 0.4) is 0 Å². The van der Waals surface area contributed by atoms with Crippen molar-refractivity contribution < 1.29 is 19.8 Å². The topological polar surface area (TPSA) is 179 Å². The highest BCUT2D eigenvalue weighted by Crippen LogP contribution is 2.15. The zero-order chi connectivity index (χ0) is 16.9. The summed E-state index contributed by atoms with van der Waals surface area (Å²) in [4.78, 5) is 20.8. The molecule has 0 radical (unpaired) electrons. The standard InChI is InChI=1S/2C7H8N2O2/c8-5-1-4(7(10)11)2-6(9)3-5;8-4-1-2-6(9)5(3-4)7(10)11/h2*1-3H,8-9H2,(H,10,11). The van der Waals surface area contributed by atoms with Crippen LogP contribution in [0.2, 0.25) is 0 Å². The van der Waals surface area contributed by atoms with Crippen molar-refractivity contribution in [3.05, 3.63) is 47.5 Å². The maximum atomic E-state index is 10.4. The summed E-state index contributed by atoms with van der Waals surface area (Å²) in [6.07, 6.45) is 0. The molecule has 8 nitrogen and oxygen atoms in total. The summed E-state index contributed by atoms with van der Waals surface area (Å²) in [5.74, 6) is -2.08. The van der Waals surface area contributed by atoms with E-state index in [0.29, 0.717) is 17.1 Å². The van der Waals surface area contributed by atoms with E-state index in [-0.39, 0.29) is 16.8 Å². The predicted octanol–water partition coefficient (Wildman–Crippen LogP) is 1.10. The number of aromatic carboxylic acids is 2. The Morgan fingerprint density at radius 1 is 0.727 bits per heavy atom. The molecule has 2 aromatic carbocycles. The number of nitrogen functional groups attached to an aromatic ring is 4. The van der Waals surface area contributed by atoms with Crippen molar-refractivity contribution in [2.75, 3.05) is 22.9 Å². The van der Waals surface area contributed by atoms with Gasteiger partial charge in [-0.05, 0) is 36.4 Å². The van der Waals surface area contributed by atoms with Crippen LogP contribution in [-0.4, -0.2) is 22.2 Å². The number of carboxylic acid groups (broad SMARTS) is 2. The predicted molar refractivity (Wildman–Crippen MR) is 84.5 cm³/mol. The van der Waals surface area contributed by atoms with Gasteiger partial charge in [-0.1, -0.05) is 0 Å². The monoisotopic (exact) mass is 304 g/mol. The molecule has 10 N–H and O–H groups in total. The molecule has 0 saturated carbocycles. The van der Waals surface area contributed by atoms with Crippen LogP contribution in [0.15, 0.2) is 36.4 Å². The number of anilines is 4. The van der Waals surface area contributed by atoms with Gasteiger partial charge >= 0.3 is 11.9 Å². The van der Waals surface area contributed by atoms with E-state index in [9.17, 15) is 9.59 Å². The Morgan fingerprint density at radius 3 is 1.68 bits per heavy atom. The van der Waals surface area contributed by atoms with Gasteiger partial charge in [0.2, 0.25) is 0 Å². The molecule has 0 bridgehead atoms. The summed E-state index contributed by atoms with van der Waals surface area (Å²) in [6.45, 7) is 0. The first-order valence-electron chi connectivity index (χ1n) is 5.98. The summed E-state index contributed by atoms with van der Waals surface area (Å²) in [6, 6.07) is 8.59. The second kappa shape index (κ2) is 6.84. The van der Waals surface area contributed by atoms with Crippen LogP contribution in [0.4, 0.5) is 22.7 Å². The van der Waals surface area contributed by atoms with Crippen molar-refractivity contribution >= 4 is 34.7 Å². The third kappa shape index (κ3) is 4.60. The summed E-state index contributed by atoms with van der Waals surface area (Å²) >= 11 is 0. The molecular formula is C14H16N4O4. The highest BCUT2D eigenvalue weighted by Gasteiger charge is 2.06. The van der Waals surface area contributed by atoms with Crippen LogP contribution >= 0.6 is 0 Å². The average Bonchev–Trinajstić information content (AvgIpc) is 2.41. The van der Waals surface area contributed by atoms with Crippen molar-refractivity contribution in [3.63, 3.8) is 0 Å². The van der Waals surface area contributed by atoms with Crippen molar-refractivity contribution in [2.45, 2.75) is 0 Å². The van der Waals surface area contributed by atoms with Crippen LogP contribution < -0.4 is 22.9 Å². The summed E-state index contributed by atoms with van der Waals surface area (Å²) in [7, 11) is 0. The van der Waals surface area contributed by atoms with E-state index >= 15 is 0 Å². The number of benzene rings is 2. The van der Waals surface area contributed by atoms with E-state index in [2.05, 4.69) is 0 Å². The number of hydrogen-bond acceptors (Lipinski definition) is 6. The SMILES string of the molecule is Nc1cc(N)cc(C(=O)O)c1.Nc1ccc(N)c(C(=O)O)c1. The van der Waals surface area contributed by atoms with Gasteiger partial charge in [0.05, 0.1) is 11.1 Å². The molecule has 0 aliphatic rings. The van der Waals surface area contributed by atoms with E-state index in [1.807, 2.05) is 0 Å². The first kappa shape index (κ1) is 16.6. The Morgan fingerprint density at radius 2 is 1.27 bits per heavy atom. The van der Waals surface area contributed by atoms with Gasteiger partial charge in [-0.2, -0.15) is 0 Å². The quantitative estimate of drug-likeness (QED) is 0.446. The highest BCUT2D eigenvalue weighted by atomic mass is 16.4. The second-order valence-corrected chi connectivity index (χ2v) is 4.35. The molecule has 116 valence electrons. The van der Waals surface area contributed by atoms with E-state index in [4.69, 9.17) is 33.1 Å². The lowest BCUT2D eigenvalue weighted by molar-refractivity contribution is 0.0686. The van der Waals surface area contributed by atoms with E-state index < -0.39 is 11.9 Å². The second-order valence-electron chi connectivity index (χ2n) is 4.35. The maximum absolute atomic E-state index is 10.4. The first-order valence-corrected chi connectivity index (χ1v) is 5.98. The third-order valence-corrected chi connectivity index (χ3v) is 2.53. The minimum Gasteiger partial charge on any atom is -0.478 e. The molecule has 0 spiro atoms. The van der Waals surface area contributed by atoms with E-state index in [0.717, 1.165) is 0 Å². The Balaban J connectivity index is 0.000000220. The lowest BCUT2D eigenvalue weighted by atomic mass is 10.1. The molecule has 0 heterocycles.